The molecule has 6 nitrogen and oxygen atoms in total. The first kappa shape index (κ1) is 15.5. The average molecular weight is 306 g/mol. The van der Waals surface area contributed by atoms with Crippen molar-refractivity contribution in [2.24, 2.45) is 12.5 Å². The van der Waals surface area contributed by atoms with E-state index >= 15 is 0 Å². The molecule has 1 spiro atoms. The lowest BCUT2D eigenvalue weighted by Crippen LogP contribution is -2.43. The van der Waals surface area contributed by atoms with Gasteiger partial charge in [-0.3, -0.25) is 14.4 Å². The molecule has 0 N–H and O–H groups in total. The second-order valence-electron chi connectivity index (χ2n) is 7.07. The molecular weight excluding hydrogens is 280 g/mol. The fraction of sp³-hybridized carbons (Fsp3) is 0.750. The maximum atomic E-state index is 12.1. The van der Waals surface area contributed by atoms with Crippen molar-refractivity contribution >= 4 is 5.91 Å². The van der Waals surface area contributed by atoms with E-state index in [2.05, 4.69) is 16.2 Å². The van der Waals surface area contributed by atoms with Crippen LogP contribution in [0.15, 0.2) is 12.4 Å². The van der Waals surface area contributed by atoms with Gasteiger partial charge in [-0.25, -0.2) is 0 Å². The molecule has 0 radical (unpaired) electrons. The molecule has 2 unspecified atom stereocenters. The smallest absolute Gasteiger partial charge is 0.251 e. The minimum Gasteiger partial charge on any atom is -0.368 e. The molecular formula is C16H26N4O2. The molecule has 2 atom stereocenters. The first-order valence-electron chi connectivity index (χ1n) is 8.00. The number of amides is 1. The van der Waals surface area contributed by atoms with E-state index in [1.54, 1.807) is 19.0 Å². The lowest BCUT2D eigenvalue weighted by molar-refractivity contribution is -0.138. The van der Waals surface area contributed by atoms with Crippen molar-refractivity contribution in [3.8, 4) is 0 Å². The largest absolute Gasteiger partial charge is 0.368 e. The Bertz CT molecular complexity index is 542. The third-order valence-corrected chi connectivity index (χ3v) is 4.83. The first-order chi connectivity index (χ1) is 10.5. The van der Waals surface area contributed by atoms with Crippen LogP contribution in [0, 0.1) is 5.41 Å². The SMILES string of the molecule is CN(C)C(=O)C1CC2(CCCN(Cc3cnn(C)c3)C2)CO1. The van der Waals surface area contributed by atoms with E-state index in [-0.39, 0.29) is 17.4 Å². The molecule has 1 aromatic heterocycles. The molecule has 1 aromatic rings. The Balaban J connectivity index is 1.62. The van der Waals surface area contributed by atoms with Crippen LogP contribution in [-0.2, 0) is 23.1 Å². The summed E-state index contributed by atoms with van der Waals surface area (Å²) in [6.07, 6.45) is 6.94. The standard InChI is InChI=1S/C16H26N4O2/c1-18(2)15(21)14-7-16(12-22-14)5-4-6-20(11-16)10-13-8-17-19(3)9-13/h8-9,14H,4-7,10-12H2,1-3H3. The summed E-state index contributed by atoms with van der Waals surface area (Å²) < 4.78 is 7.68. The van der Waals surface area contributed by atoms with Gasteiger partial charge in [0, 0.05) is 51.4 Å². The molecule has 0 aliphatic carbocycles. The van der Waals surface area contributed by atoms with E-state index in [0.29, 0.717) is 6.61 Å². The maximum absolute atomic E-state index is 12.1. The molecule has 2 fully saturated rings. The Kier molecular flexibility index (Phi) is 4.23. The minimum absolute atomic E-state index is 0.0984. The highest BCUT2D eigenvalue weighted by Gasteiger charge is 2.45. The summed E-state index contributed by atoms with van der Waals surface area (Å²) in [5.74, 6) is 0.0984. The number of aryl methyl sites for hydroxylation is 1. The van der Waals surface area contributed by atoms with Gasteiger partial charge in [-0.1, -0.05) is 0 Å². The molecule has 2 aliphatic rings. The Morgan fingerprint density at radius 1 is 1.55 bits per heavy atom. The van der Waals surface area contributed by atoms with Gasteiger partial charge < -0.3 is 9.64 Å². The Morgan fingerprint density at radius 2 is 2.36 bits per heavy atom. The van der Waals surface area contributed by atoms with Crippen molar-refractivity contribution in [1.29, 1.82) is 0 Å². The van der Waals surface area contributed by atoms with Crippen molar-refractivity contribution in [1.82, 2.24) is 19.6 Å². The van der Waals surface area contributed by atoms with Crippen molar-refractivity contribution in [3.63, 3.8) is 0 Å². The zero-order valence-electron chi connectivity index (χ0n) is 13.8. The van der Waals surface area contributed by atoms with Crippen LogP contribution in [-0.4, -0.2) is 65.4 Å². The second kappa shape index (κ2) is 6.01. The number of hydrogen-bond acceptors (Lipinski definition) is 4. The second-order valence-corrected chi connectivity index (χ2v) is 7.07. The number of aromatic nitrogens is 2. The third-order valence-electron chi connectivity index (χ3n) is 4.83. The van der Waals surface area contributed by atoms with E-state index in [9.17, 15) is 4.79 Å². The predicted octanol–water partition coefficient (Wildman–Crippen LogP) is 0.879. The molecule has 0 aromatic carbocycles. The van der Waals surface area contributed by atoms with Crippen molar-refractivity contribution in [2.45, 2.75) is 31.9 Å². The van der Waals surface area contributed by atoms with Crippen LogP contribution < -0.4 is 0 Å². The lowest BCUT2D eigenvalue weighted by atomic mass is 9.78. The summed E-state index contributed by atoms with van der Waals surface area (Å²) in [5, 5.41) is 4.24. The van der Waals surface area contributed by atoms with Crippen molar-refractivity contribution in [2.75, 3.05) is 33.8 Å². The van der Waals surface area contributed by atoms with Gasteiger partial charge in [0.1, 0.15) is 6.10 Å². The van der Waals surface area contributed by atoms with Crippen LogP contribution in [0.3, 0.4) is 0 Å². The number of rotatable bonds is 3. The molecule has 122 valence electrons. The lowest BCUT2D eigenvalue weighted by Gasteiger charge is -2.39. The van der Waals surface area contributed by atoms with Crippen LogP contribution in [0.25, 0.3) is 0 Å². The van der Waals surface area contributed by atoms with Crippen LogP contribution in [0.5, 0.6) is 0 Å². The van der Waals surface area contributed by atoms with Gasteiger partial charge in [0.2, 0.25) is 0 Å². The fourth-order valence-electron chi connectivity index (χ4n) is 3.78. The number of ether oxygens (including phenoxy) is 1. The Morgan fingerprint density at radius 3 is 3.05 bits per heavy atom. The number of likely N-dealkylation sites (N-methyl/N-ethyl adjacent to an activating group) is 1. The molecule has 3 heterocycles. The monoisotopic (exact) mass is 306 g/mol. The molecule has 22 heavy (non-hydrogen) atoms. The summed E-state index contributed by atoms with van der Waals surface area (Å²) in [5.41, 5.74) is 1.40. The Labute approximate surface area is 132 Å². The van der Waals surface area contributed by atoms with Crippen LogP contribution in [0.2, 0.25) is 0 Å². The molecule has 6 heteroatoms. The highest BCUT2D eigenvalue weighted by Crippen LogP contribution is 2.41. The summed E-state index contributed by atoms with van der Waals surface area (Å²) in [4.78, 5) is 16.2. The third kappa shape index (κ3) is 3.17. The van der Waals surface area contributed by atoms with Crippen molar-refractivity contribution in [3.05, 3.63) is 18.0 Å². The van der Waals surface area contributed by atoms with Crippen LogP contribution >= 0.6 is 0 Å². The molecule has 2 aliphatic heterocycles. The number of carbonyl (C=O) groups is 1. The van der Waals surface area contributed by atoms with Gasteiger partial charge in [0.15, 0.2) is 0 Å². The quantitative estimate of drug-likeness (QED) is 0.832. The van der Waals surface area contributed by atoms with Gasteiger partial charge in [0.25, 0.3) is 5.91 Å². The van der Waals surface area contributed by atoms with Gasteiger partial charge in [-0.05, 0) is 25.8 Å². The highest BCUT2D eigenvalue weighted by molar-refractivity contribution is 5.80. The topological polar surface area (TPSA) is 50.6 Å². The predicted molar refractivity (Wildman–Crippen MR) is 83.2 cm³/mol. The minimum atomic E-state index is -0.256. The zero-order chi connectivity index (χ0) is 15.7. The average Bonchev–Trinajstić information content (AvgIpc) is 3.05. The summed E-state index contributed by atoms with van der Waals surface area (Å²) in [6.45, 7) is 3.77. The highest BCUT2D eigenvalue weighted by atomic mass is 16.5. The molecule has 2 saturated heterocycles. The fourth-order valence-corrected chi connectivity index (χ4v) is 3.78. The number of likely N-dealkylation sites (tertiary alicyclic amines) is 1. The summed E-state index contributed by atoms with van der Waals surface area (Å²) >= 11 is 0. The number of hydrogen-bond donors (Lipinski definition) is 0. The maximum Gasteiger partial charge on any atom is 0.251 e. The summed E-state index contributed by atoms with van der Waals surface area (Å²) in [6, 6.07) is 0. The number of nitrogens with zero attached hydrogens (tertiary/aromatic N) is 4. The Hall–Kier alpha value is -1.40. The van der Waals surface area contributed by atoms with Crippen LogP contribution in [0.1, 0.15) is 24.8 Å². The van der Waals surface area contributed by atoms with E-state index < -0.39 is 0 Å². The number of carbonyl (C=O) groups excluding carboxylic acids is 1. The van der Waals surface area contributed by atoms with E-state index in [0.717, 1.165) is 32.5 Å². The molecule has 0 bridgehead atoms. The van der Waals surface area contributed by atoms with Gasteiger partial charge >= 0.3 is 0 Å². The molecule has 3 rings (SSSR count). The number of piperidine rings is 1. The van der Waals surface area contributed by atoms with E-state index in [1.165, 1.54) is 12.0 Å². The zero-order valence-corrected chi connectivity index (χ0v) is 13.8. The molecule has 0 saturated carbocycles. The normalized spacial score (nSPS) is 29.1. The van der Waals surface area contributed by atoms with Gasteiger partial charge in [-0.2, -0.15) is 5.10 Å². The van der Waals surface area contributed by atoms with Gasteiger partial charge in [-0.15, -0.1) is 0 Å². The van der Waals surface area contributed by atoms with Crippen LogP contribution in [0.4, 0.5) is 0 Å². The van der Waals surface area contributed by atoms with Crippen molar-refractivity contribution < 1.29 is 9.53 Å². The van der Waals surface area contributed by atoms with E-state index in [1.807, 2.05) is 17.9 Å². The van der Waals surface area contributed by atoms with E-state index in [4.69, 9.17) is 4.74 Å². The van der Waals surface area contributed by atoms with Gasteiger partial charge in [0.05, 0.1) is 12.8 Å². The molecule has 1 amide bonds. The first-order valence-corrected chi connectivity index (χ1v) is 8.00. The summed E-state index contributed by atoms with van der Waals surface area (Å²) in [7, 11) is 5.54.